The molecule has 7 nitrogen and oxygen atoms in total. The number of benzene rings is 3. The predicted molar refractivity (Wildman–Crippen MR) is 135 cm³/mol. The molecule has 0 fully saturated rings. The van der Waals surface area contributed by atoms with Crippen molar-refractivity contribution in [2.24, 2.45) is 0 Å². The lowest BCUT2D eigenvalue weighted by atomic mass is 10.0. The average molecular weight is 469 g/mol. The van der Waals surface area contributed by atoms with E-state index in [0.717, 1.165) is 28.2 Å². The third-order valence-electron chi connectivity index (χ3n) is 6.37. The number of nitrogens with zero attached hydrogens (tertiary/aromatic N) is 3. The fourth-order valence-electron chi connectivity index (χ4n) is 4.68. The quantitative estimate of drug-likeness (QED) is 0.409. The highest BCUT2D eigenvalue weighted by molar-refractivity contribution is 5.96. The number of hydrogen-bond acceptors (Lipinski definition) is 4. The normalized spacial score (nSPS) is 17.3. The molecule has 2 atom stereocenters. The first-order valence-electron chi connectivity index (χ1n) is 11.9. The lowest BCUT2D eigenvalue weighted by Gasteiger charge is -2.38. The highest BCUT2D eigenvalue weighted by atomic mass is 16.5. The van der Waals surface area contributed by atoms with Crippen LogP contribution in [0.25, 0.3) is 11.0 Å². The Morgan fingerprint density at radius 1 is 1.00 bits per heavy atom. The third-order valence-corrected chi connectivity index (χ3v) is 6.37. The predicted octanol–water partition coefficient (Wildman–Crippen LogP) is 5.11. The second kappa shape index (κ2) is 9.62. The number of aromatic nitrogens is 2. The highest BCUT2D eigenvalue weighted by Gasteiger charge is 2.40. The second-order valence-electron chi connectivity index (χ2n) is 8.68. The molecule has 5 rings (SSSR count). The van der Waals surface area contributed by atoms with Crippen molar-refractivity contribution in [3.8, 4) is 5.75 Å². The van der Waals surface area contributed by atoms with Gasteiger partial charge in [0.2, 0.25) is 11.8 Å². The van der Waals surface area contributed by atoms with Gasteiger partial charge in [-0.2, -0.15) is 0 Å². The maximum Gasteiger partial charge on any atom is 0.247 e. The van der Waals surface area contributed by atoms with E-state index in [2.05, 4.69) is 5.32 Å². The van der Waals surface area contributed by atoms with Crippen molar-refractivity contribution in [3.63, 3.8) is 0 Å². The molecule has 0 spiro atoms. The fraction of sp³-hybridized carbons (Fsp3) is 0.250. The van der Waals surface area contributed by atoms with Crippen molar-refractivity contribution in [1.29, 1.82) is 0 Å². The molecule has 7 heteroatoms. The fourth-order valence-corrected chi connectivity index (χ4v) is 4.68. The SMILES string of the molecule is CCOc1ccc(NC(=O)CC2C(=O)N(Cc3ccccc3)C(C)c3nc4ccccc4n32)cc1. The molecule has 2 amide bonds. The molecule has 2 unspecified atom stereocenters. The monoisotopic (exact) mass is 468 g/mol. The molecule has 1 N–H and O–H groups in total. The summed E-state index contributed by atoms with van der Waals surface area (Å²) in [5.74, 6) is 1.22. The van der Waals surface area contributed by atoms with Crippen LogP contribution in [0, 0.1) is 0 Å². The third kappa shape index (κ3) is 4.49. The van der Waals surface area contributed by atoms with Gasteiger partial charge in [-0.25, -0.2) is 4.98 Å². The summed E-state index contributed by atoms with van der Waals surface area (Å²) in [5.41, 5.74) is 3.38. The van der Waals surface area contributed by atoms with Crippen LogP contribution in [0.15, 0.2) is 78.9 Å². The summed E-state index contributed by atoms with van der Waals surface area (Å²) in [6.45, 7) is 4.96. The van der Waals surface area contributed by atoms with Crippen LogP contribution in [-0.4, -0.2) is 32.9 Å². The molecule has 0 saturated carbocycles. The Bertz CT molecular complexity index is 1350. The average Bonchev–Trinajstić information content (AvgIpc) is 3.26. The smallest absolute Gasteiger partial charge is 0.247 e. The van der Waals surface area contributed by atoms with Crippen LogP contribution in [0.4, 0.5) is 5.69 Å². The Hall–Kier alpha value is -4.13. The maximum atomic E-state index is 13.8. The number of carbonyl (C=O) groups excluding carboxylic acids is 2. The van der Waals surface area contributed by atoms with E-state index >= 15 is 0 Å². The van der Waals surface area contributed by atoms with E-state index < -0.39 is 6.04 Å². The van der Waals surface area contributed by atoms with Gasteiger partial charge in [-0.05, 0) is 55.8 Å². The standard InChI is InChI=1S/C28H28N4O3/c1-3-35-22-15-13-21(14-16-22)29-26(33)17-25-28(34)31(18-20-9-5-4-6-10-20)19(2)27-30-23-11-7-8-12-24(23)32(25)27/h4-16,19,25H,3,17-18H2,1-2H3,(H,29,33). The lowest BCUT2D eigenvalue weighted by molar-refractivity contribution is -0.142. The van der Waals surface area contributed by atoms with Gasteiger partial charge < -0.3 is 19.5 Å². The van der Waals surface area contributed by atoms with E-state index in [0.29, 0.717) is 18.8 Å². The van der Waals surface area contributed by atoms with Crippen LogP contribution in [-0.2, 0) is 16.1 Å². The summed E-state index contributed by atoms with van der Waals surface area (Å²) in [6.07, 6.45) is 0.0113. The number of nitrogens with one attached hydrogen (secondary N) is 1. The largest absolute Gasteiger partial charge is 0.494 e. The van der Waals surface area contributed by atoms with E-state index in [-0.39, 0.29) is 24.3 Å². The van der Waals surface area contributed by atoms with Crippen LogP contribution in [0.5, 0.6) is 5.75 Å². The van der Waals surface area contributed by atoms with Gasteiger partial charge in [0.05, 0.1) is 30.1 Å². The topological polar surface area (TPSA) is 76.5 Å². The Kier molecular flexibility index (Phi) is 6.23. The molecule has 2 heterocycles. The van der Waals surface area contributed by atoms with Crippen molar-refractivity contribution in [3.05, 3.63) is 90.3 Å². The van der Waals surface area contributed by atoms with Gasteiger partial charge in [-0.15, -0.1) is 0 Å². The zero-order chi connectivity index (χ0) is 24.4. The molecule has 1 aliphatic heterocycles. The van der Waals surface area contributed by atoms with Gasteiger partial charge in [-0.1, -0.05) is 42.5 Å². The molecular weight excluding hydrogens is 440 g/mol. The number of anilines is 1. The van der Waals surface area contributed by atoms with E-state index in [9.17, 15) is 9.59 Å². The zero-order valence-corrected chi connectivity index (χ0v) is 19.8. The molecule has 1 aliphatic rings. The van der Waals surface area contributed by atoms with Gasteiger partial charge in [0.1, 0.15) is 17.6 Å². The molecule has 35 heavy (non-hydrogen) atoms. The van der Waals surface area contributed by atoms with Crippen LogP contribution < -0.4 is 10.1 Å². The minimum Gasteiger partial charge on any atom is -0.494 e. The lowest BCUT2D eigenvalue weighted by Crippen LogP contribution is -2.45. The van der Waals surface area contributed by atoms with Crippen LogP contribution in [0.3, 0.4) is 0 Å². The van der Waals surface area contributed by atoms with Crippen LogP contribution in [0.1, 0.15) is 43.7 Å². The first kappa shape index (κ1) is 22.7. The Labute approximate surface area is 204 Å². The first-order valence-corrected chi connectivity index (χ1v) is 11.9. The summed E-state index contributed by atoms with van der Waals surface area (Å²) >= 11 is 0. The first-order chi connectivity index (χ1) is 17.0. The molecule has 3 aromatic carbocycles. The number of rotatable bonds is 7. The summed E-state index contributed by atoms with van der Waals surface area (Å²) in [7, 11) is 0. The van der Waals surface area contributed by atoms with E-state index in [1.165, 1.54) is 0 Å². The molecule has 1 aromatic heterocycles. The second-order valence-corrected chi connectivity index (χ2v) is 8.68. The van der Waals surface area contributed by atoms with E-state index in [1.807, 2.05) is 90.0 Å². The minimum absolute atomic E-state index is 0.0113. The Balaban J connectivity index is 1.45. The minimum atomic E-state index is -0.681. The number of imidazole rings is 1. The van der Waals surface area contributed by atoms with Crippen LogP contribution in [0.2, 0.25) is 0 Å². The van der Waals surface area contributed by atoms with Gasteiger partial charge in [0, 0.05) is 12.2 Å². The van der Waals surface area contributed by atoms with Crippen molar-refractivity contribution in [2.45, 2.75) is 38.9 Å². The molecule has 0 radical (unpaired) electrons. The van der Waals surface area contributed by atoms with Crippen molar-refractivity contribution in [1.82, 2.24) is 14.5 Å². The van der Waals surface area contributed by atoms with Crippen molar-refractivity contribution < 1.29 is 14.3 Å². The number of carbonyl (C=O) groups is 2. The van der Waals surface area contributed by atoms with Gasteiger partial charge in [0.25, 0.3) is 0 Å². The molecule has 0 saturated heterocycles. The molecule has 4 aromatic rings. The number of hydrogen-bond donors (Lipinski definition) is 1. The number of fused-ring (bicyclic) bond motifs is 3. The van der Waals surface area contributed by atoms with Gasteiger partial charge >= 0.3 is 0 Å². The molecular formula is C28H28N4O3. The van der Waals surface area contributed by atoms with E-state index in [1.54, 1.807) is 12.1 Å². The summed E-state index contributed by atoms with van der Waals surface area (Å²) in [5, 5.41) is 2.93. The van der Waals surface area contributed by atoms with Crippen molar-refractivity contribution >= 4 is 28.5 Å². The van der Waals surface area contributed by atoms with Gasteiger partial charge in [-0.3, -0.25) is 9.59 Å². The highest BCUT2D eigenvalue weighted by Crippen LogP contribution is 2.37. The molecule has 0 aliphatic carbocycles. The Morgan fingerprint density at radius 2 is 1.71 bits per heavy atom. The molecule has 0 bridgehead atoms. The Morgan fingerprint density at radius 3 is 2.46 bits per heavy atom. The number of amides is 2. The number of ether oxygens (including phenoxy) is 1. The number of para-hydroxylation sites is 2. The van der Waals surface area contributed by atoms with Gasteiger partial charge in [0.15, 0.2) is 0 Å². The summed E-state index contributed by atoms with van der Waals surface area (Å²) in [6, 6.07) is 24.0. The van der Waals surface area contributed by atoms with E-state index in [4.69, 9.17) is 9.72 Å². The summed E-state index contributed by atoms with van der Waals surface area (Å²) < 4.78 is 7.42. The van der Waals surface area contributed by atoms with Crippen molar-refractivity contribution in [2.75, 3.05) is 11.9 Å². The molecule has 178 valence electrons. The maximum absolute atomic E-state index is 13.8. The van der Waals surface area contributed by atoms with Crippen LogP contribution >= 0.6 is 0 Å². The summed E-state index contributed by atoms with van der Waals surface area (Å²) in [4.78, 5) is 33.6. The zero-order valence-electron chi connectivity index (χ0n) is 19.8.